The summed E-state index contributed by atoms with van der Waals surface area (Å²) in [7, 11) is 0. The Labute approximate surface area is 137 Å². The molecular weight excluding hydrogens is 312 g/mol. The molecule has 1 aromatic heterocycles. The summed E-state index contributed by atoms with van der Waals surface area (Å²) in [5.74, 6) is -1.01. The molecule has 24 heavy (non-hydrogen) atoms. The zero-order chi connectivity index (χ0) is 16.9. The molecule has 0 saturated heterocycles. The minimum Gasteiger partial charge on any atom is -0.340 e. The molecule has 0 spiro atoms. The van der Waals surface area contributed by atoms with Gasteiger partial charge in [0, 0.05) is 5.69 Å². The molecule has 0 fully saturated rings. The minimum atomic E-state index is -0.590. The Morgan fingerprint density at radius 1 is 0.917 bits per heavy atom. The molecule has 0 unspecified atom stereocenters. The number of aromatic nitrogens is 1. The summed E-state index contributed by atoms with van der Waals surface area (Å²) in [4.78, 5) is 16.1. The molecule has 1 heterocycles. The Hall–Kier alpha value is -3.28. The number of hydrogen-bond donors (Lipinski definition) is 2. The lowest BCUT2D eigenvalue weighted by atomic mass is 10.2. The molecule has 1 amide bonds. The third-order valence-electron chi connectivity index (χ3n) is 3.24. The number of pyridine rings is 1. The molecule has 0 saturated carbocycles. The molecule has 0 aliphatic heterocycles. The first-order valence-corrected chi connectivity index (χ1v) is 7.16. The van der Waals surface area contributed by atoms with Crippen molar-refractivity contribution in [3.8, 4) is 0 Å². The van der Waals surface area contributed by atoms with Crippen LogP contribution in [0.25, 0.3) is 0 Å². The van der Waals surface area contributed by atoms with Gasteiger partial charge in [0.15, 0.2) is 0 Å². The molecule has 6 heteroatoms. The van der Waals surface area contributed by atoms with Gasteiger partial charge in [0.2, 0.25) is 0 Å². The van der Waals surface area contributed by atoms with Crippen molar-refractivity contribution >= 4 is 23.1 Å². The van der Waals surface area contributed by atoms with Gasteiger partial charge in [0.1, 0.15) is 17.5 Å². The molecule has 4 nitrogen and oxygen atoms in total. The van der Waals surface area contributed by atoms with Gasteiger partial charge in [-0.1, -0.05) is 18.2 Å². The van der Waals surface area contributed by atoms with Crippen LogP contribution in [-0.4, -0.2) is 10.9 Å². The Bertz CT molecular complexity index is 866. The quantitative estimate of drug-likeness (QED) is 0.749. The van der Waals surface area contributed by atoms with Crippen LogP contribution in [0.2, 0.25) is 0 Å². The molecule has 2 N–H and O–H groups in total. The smallest absolute Gasteiger partial charge is 0.258 e. The van der Waals surface area contributed by atoms with Crippen molar-refractivity contribution in [1.82, 2.24) is 4.98 Å². The van der Waals surface area contributed by atoms with Crippen LogP contribution < -0.4 is 10.6 Å². The number of nitrogens with one attached hydrogen (secondary N) is 2. The zero-order valence-electron chi connectivity index (χ0n) is 12.5. The minimum absolute atomic E-state index is 0.0422. The van der Waals surface area contributed by atoms with E-state index >= 15 is 0 Å². The predicted octanol–water partition coefficient (Wildman–Crippen LogP) is 4.36. The van der Waals surface area contributed by atoms with Crippen LogP contribution in [-0.2, 0) is 0 Å². The molecule has 0 aliphatic carbocycles. The maximum Gasteiger partial charge on any atom is 0.258 e. The largest absolute Gasteiger partial charge is 0.340 e. The van der Waals surface area contributed by atoms with Crippen LogP contribution in [0.1, 0.15) is 10.4 Å². The van der Waals surface area contributed by atoms with Gasteiger partial charge >= 0.3 is 0 Å². The van der Waals surface area contributed by atoms with E-state index in [4.69, 9.17) is 0 Å². The van der Waals surface area contributed by atoms with Crippen molar-refractivity contribution in [1.29, 1.82) is 0 Å². The fourth-order valence-corrected chi connectivity index (χ4v) is 2.10. The average molecular weight is 325 g/mol. The van der Waals surface area contributed by atoms with Crippen molar-refractivity contribution in [2.75, 3.05) is 10.6 Å². The van der Waals surface area contributed by atoms with Gasteiger partial charge in [-0.25, -0.2) is 13.8 Å². The highest BCUT2D eigenvalue weighted by Crippen LogP contribution is 2.17. The van der Waals surface area contributed by atoms with E-state index in [9.17, 15) is 13.6 Å². The molecular formula is C18H13F2N3O. The summed E-state index contributed by atoms with van der Waals surface area (Å²) in [5, 5.41) is 5.51. The molecule has 0 atom stereocenters. The van der Waals surface area contributed by atoms with Crippen LogP contribution in [0.4, 0.5) is 26.0 Å². The van der Waals surface area contributed by atoms with Crippen molar-refractivity contribution in [3.05, 3.63) is 84.1 Å². The lowest BCUT2D eigenvalue weighted by molar-refractivity contribution is 0.102. The fourth-order valence-electron chi connectivity index (χ4n) is 2.10. The lowest BCUT2D eigenvalue weighted by Gasteiger charge is -2.08. The van der Waals surface area contributed by atoms with E-state index in [-0.39, 0.29) is 11.4 Å². The number of amides is 1. The monoisotopic (exact) mass is 325 g/mol. The molecule has 0 bridgehead atoms. The second kappa shape index (κ2) is 6.87. The van der Waals surface area contributed by atoms with Crippen LogP contribution in [0.15, 0.2) is 66.9 Å². The van der Waals surface area contributed by atoms with Crippen LogP contribution >= 0.6 is 0 Å². The third kappa shape index (κ3) is 3.73. The summed E-state index contributed by atoms with van der Waals surface area (Å²) in [5.41, 5.74) is 0.943. The zero-order valence-corrected chi connectivity index (χ0v) is 12.5. The summed E-state index contributed by atoms with van der Waals surface area (Å²) in [6, 6.07) is 14.9. The van der Waals surface area contributed by atoms with E-state index in [1.807, 2.05) is 0 Å². The highest BCUT2D eigenvalue weighted by Gasteiger charge is 2.11. The van der Waals surface area contributed by atoms with Crippen LogP contribution in [0.3, 0.4) is 0 Å². The summed E-state index contributed by atoms with van der Waals surface area (Å²) in [6.07, 6.45) is 1.43. The summed E-state index contributed by atoms with van der Waals surface area (Å²) in [6.45, 7) is 0. The van der Waals surface area contributed by atoms with Gasteiger partial charge in [0.25, 0.3) is 5.91 Å². The normalized spacial score (nSPS) is 10.2. The molecule has 3 aromatic rings. The Morgan fingerprint density at radius 2 is 1.75 bits per heavy atom. The first-order valence-electron chi connectivity index (χ1n) is 7.16. The van der Waals surface area contributed by atoms with Crippen LogP contribution in [0, 0.1) is 11.6 Å². The first-order chi connectivity index (χ1) is 11.6. The SMILES string of the molecule is O=C(Nc1ccc(Nc2cccc(F)c2)nc1)c1ccccc1F. The highest BCUT2D eigenvalue weighted by atomic mass is 19.1. The van der Waals surface area contributed by atoms with E-state index in [0.717, 1.165) is 0 Å². The Balaban J connectivity index is 1.68. The van der Waals surface area contributed by atoms with E-state index in [2.05, 4.69) is 15.6 Å². The van der Waals surface area contributed by atoms with Crippen molar-refractivity contribution < 1.29 is 13.6 Å². The summed E-state index contributed by atoms with van der Waals surface area (Å²) < 4.78 is 26.7. The predicted molar refractivity (Wildman–Crippen MR) is 88.3 cm³/mol. The standard InChI is InChI=1S/C18H13F2N3O/c19-12-4-3-5-13(10-12)22-17-9-8-14(11-21-17)23-18(24)15-6-1-2-7-16(15)20/h1-11H,(H,21,22)(H,23,24). The van der Waals surface area contributed by atoms with Gasteiger partial charge in [-0.2, -0.15) is 0 Å². The van der Waals surface area contributed by atoms with E-state index in [1.54, 1.807) is 30.3 Å². The molecule has 2 aromatic carbocycles. The Morgan fingerprint density at radius 3 is 2.46 bits per heavy atom. The number of anilines is 3. The second-order valence-electron chi connectivity index (χ2n) is 5.00. The molecule has 120 valence electrons. The van der Waals surface area contributed by atoms with Crippen molar-refractivity contribution in [2.24, 2.45) is 0 Å². The number of hydrogen-bond acceptors (Lipinski definition) is 3. The number of halogens is 2. The maximum absolute atomic E-state index is 13.6. The number of nitrogens with zero attached hydrogens (tertiary/aromatic N) is 1. The van der Waals surface area contributed by atoms with Gasteiger partial charge < -0.3 is 10.6 Å². The number of benzene rings is 2. The topological polar surface area (TPSA) is 54.0 Å². The third-order valence-corrected chi connectivity index (χ3v) is 3.24. The number of carbonyl (C=O) groups excluding carboxylic acids is 1. The van der Waals surface area contributed by atoms with Gasteiger partial charge in [-0.15, -0.1) is 0 Å². The molecule has 3 rings (SSSR count). The van der Waals surface area contributed by atoms with E-state index in [0.29, 0.717) is 17.2 Å². The van der Waals surface area contributed by atoms with Gasteiger partial charge in [-0.3, -0.25) is 4.79 Å². The highest BCUT2D eigenvalue weighted by molar-refractivity contribution is 6.04. The Kier molecular flexibility index (Phi) is 4.47. The fraction of sp³-hybridized carbons (Fsp3) is 0. The molecule has 0 radical (unpaired) electrons. The summed E-state index contributed by atoms with van der Waals surface area (Å²) >= 11 is 0. The molecule has 0 aliphatic rings. The number of rotatable bonds is 4. The average Bonchev–Trinajstić information content (AvgIpc) is 2.57. The van der Waals surface area contributed by atoms with Crippen molar-refractivity contribution in [2.45, 2.75) is 0 Å². The van der Waals surface area contributed by atoms with E-state index in [1.165, 1.54) is 36.5 Å². The van der Waals surface area contributed by atoms with Crippen LogP contribution in [0.5, 0.6) is 0 Å². The second-order valence-corrected chi connectivity index (χ2v) is 5.00. The first kappa shape index (κ1) is 15.6. The van der Waals surface area contributed by atoms with Crippen molar-refractivity contribution in [3.63, 3.8) is 0 Å². The lowest BCUT2D eigenvalue weighted by Crippen LogP contribution is -2.13. The maximum atomic E-state index is 13.6. The van der Waals surface area contributed by atoms with Gasteiger partial charge in [-0.05, 0) is 42.5 Å². The van der Waals surface area contributed by atoms with Gasteiger partial charge in [0.05, 0.1) is 17.4 Å². The number of carbonyl (C=O) groups is 1. The van der Waals surface area contributed by atoms with E-state index < -0.39 is 11.7 Å².